The molecule has 0 spiro atoms. The molecule has 2 aromatic heterocycles. The number of hydrogen-bond donors (Lipinski definition) is 0. The quantitative estimate of drug-likeness (QED) is 0.791. The average molecular weight is 231 g/mol. The molecule has 1 fully saturated rings. The number of anilines is 1. The second kappa shape index (κ2) is 3.98. The molecule has 0 N–H and O–H groups in total. The zero-order valence-corrected chi connectivity index (χ0v) is 10.3. The molecule has 0 saturated carbocycles. The van der Waals surface area contributed by atoms with E-state index in [1.165, 1.54) is 12.8 Å². The van der Waals surface area contributed by atoms with E-state index in [1.807, 2.05) is 16.6 Å². The lowest BCUT2D eigenvalue weighted by molar-refractivity contribution is 0.715. The van der Waals surface area contributed by atoms with Crippen LogP contribution in [0.3, 0.4) is 0 Å². The third-order valence-corrected chi connectivity index (χ3v) is 3.22. The van der Waals surface area contributed by atoms with Crippen molar-refractivity contribution in [1.82, 2.24) is 19.8 Å². The number of aromatic nitrogens is 4. The summed E-state index contributed by atoms with van der Waals surface area (Å²) < 4.78 is 1.87. The van der Waals surface area contributed by atoms with Crippen LogP contribution in [0.15, 0.2) is 12.1 Å². The third kappa shape index (κ3) is 1.75. The minimum Gasteiger partial charge on any atom is -0.355 e. The Morgan fingerprint density at radius 3 is 2.59 bits per heavy atom. The van der Waals surface area contributed by atoms with Gasteiger partial charge in [-0.3, -0.25) is 0 Å². The van der Waals surface area contributed by atoms with Gasteiger partial charge in [-0.15, -0.1) is 15.3 Å². The van der Waals surface area contributed by atoms with Crippen LogP contribution >= 0.6 is 0 Å². The minimum absolute atomic E-state index is 0.339. The van der Waals surface area contributed by atoms with E-state index in [4.69, 9.17) is 0 Å². The summed E-state index contributed by atoms with van der Waals surface area (Å²) in [5, 5.41) is 13.0. The second-order valence-corrected chi connectivity index (χ2v) is 4.87. The van der Waals surface area contributed by atoms with E-state index in [1.54, 1.807) is 0 Å². The molecule has 2 aromatic rings. The summed E-state index contributed by atoms with van der Waals surface area (Å²) in [6.07, 6.45) is 2.53. The van der Waals surface area contributed by atoms with Crippen LogP contribution in [0.2, 0.25) is 0 Å². The summed E-state index contributed by atoms with van der Waals surface area (Å²) in [6, 6.07) is 4.04. The standard InChI is InChI=1S/C12H17N5/c1-9(2)12-14-13-10-5-6-11(15-17(10)12)16-7-3-4-8-16/h5-6,9H,3-4,7-8H2,1-2H3. The van der Waals surface area contributed by atoms with Gasteiger partial charge in [0.15, 0.2) is 11.5 Å². The highest BCUT2D eigenvalue weighted by Gasteiger charge is 2.16. The maximum atomic E-state index is 4.66. The van der Waals surface area contributed by atoms with Gasteiger partial charge in [-0.2, -0.15) is 4.52 Å². The molecule has 0 radical (unpaired) electrons. The highest BCUT2D eigenvalue weighted by Crippen LogP contribution is 2.19. The van der Waals surface area contributed by atoms with Gasteiger partial charge in [0.25, 0.3) is 0 Å². The van der Waals surface area contributed by atoms with Gasteiger partial charge in [-0.25, -0.2) is 0 Å². The first kappa shape index (κ1) is 10.5. The SMILES string of the molecule is CC(C)c1nnc2ccc(N3CCCC3)nn12. The van der Waals surface area contributed by atoms with Crippen LogP contribution in [-0.2, 0) is 0 Å². The lowest BCUT2D eigenvalue weighted by Crippen LogP contribution is -2.20. The number of hydrogen-bond acceptors (Lipinski definition) is 4. The fraction of sp³-hybridized carbons (Fsp3) is 0.583. The van der Waals surface area contributed by atoms with Gasteiger partial charge in [0.1, 0.15) is 5.82 Å². The van der Waals surface area contributed by atoms with Crippen LogP contribution in [0.25, 0.3) is 5.65 Å². The minimum atomic E-state index is 0.339. The molecule has 17 heavy (non-hydrogen) atoms. The van der Waals surface area contributed by atoms with E-state index in [-0.39, 0.29) is 0 Å². The van der Waals surface area contributed by atoms with Gasteiger partial charge in [0.2, 0.25) is 0 Å². The van der Waals surface area contributed by atoms with Gasteiger partial charge >= 0.3 is 0 Å². The lowest BCUT2D eigenvalue weighted by atomic mass is 10.2. The molecule has 5 nitrogen and oxygen atoms in total. The molecular formula is C12H17N5. The van der Waals surface area contributed by atoms with E-state index in [9.17, 15) is 0 Å². The van der Waals surface area contributed by atoms with Gasteiger partial charge < -0.3 is 4.90 Å². The third-order valence-electron chi connectivity index (χ3n) is 3.22. The van der Waals surface area contributed by atoms with Crippen molar-refractivity contribution in [2.24, 2.45) is 0 Å². The molecule has 0 aliphatic carbocycles. The van der Waals surface area contributed by atoms with Crippen LogP contribution in [0.5, 0.6) is 0 Å². The Morgan fingerprint density at radius 1 is 1.12 bits per heavy atom. The van der Waals surface area contributed by atoms with Crippen LogP contribution in [0.4, 0.5) is 5.82 Å². The molecule has 0 amide bonds. The van der Waals surface area contributed by atoms with Crippen molar-refractivity contribution in [3.05, 3.63) is 18.0 Å². The fourth-order valence-electron chi connectivity index (χ4n) is 2.27. The molecule has 3 rings (SSSR count). The van der Waals surface area contributed by atoms with E-state index in [2.05, 4.69) is 34.0 Å². The van der Waals surface area contributed by atoms with Crippen molar-refractivity contribution in [3.63, 3.8) is 0 Å². The number of rotatable bonds is 2. The highest BCUT2D eigenvalue weighted by molar-refractivity contribution is 5.46. The monoisotopic (exact) mass is 231 g/mol. The molecule has 1 aliphatic heterocycles. The fourth-order valence-corrected chi connectivity index (χ4v) is 2.27. The van der Waals surface area contributed by atoms with Crippen LogP contribution in [-0.4, -0.2) is 32.9 Å². The molecule has 0 aromatic carbocycles. The largest absolute Gasteiger partial charge is 0.355 e. The summed E-state index contributed by atoms with van der Waals surface area (Å²) in [5.74, 6) is 2.31. The van der Waals surface area contributed by atoms with E-state index in [0.29, 0.717) is 5.92 Å². The normalized spacial score (nSPS) is 16.3. The van der Waals surface area contributed by atoms with Gasteiger partial charge in [-0.05, 0) is 25.0 Å². The van der Waals surface area contributed by atoms with E-state index < -0.39 is 0 Å². The maximum Gasteiger partial charge on any atom is 0.178 e. The first-order valence-electron chi connectivity index (χ1n) is 6.23. The Hall–Kier alpha value is -1.65. The molecule has 0 atom stereocenters. The van der Waals surface area contributed by atoms with E-state index >= 15 is 0 Å². The number of fused-ring (bicyclic) bond motifs is 1. The smallest absolute Gasteiger partial charge is 0.178 e. The van der Waals surface area contributed by atoms with Crippen molar-refractivity contribution in [3.8, 4) is 0 Å². The second-order valence-electron chi connectivity index (χ2n) is 4.87. The van der Waals surface area contributed by atoms with E-state index in [0.717, 1.165) is 30.4 Å². The van der Waals surface area contributed by atoms with Crippen molar-refractivity contribution >= 4 is 11.5 Å². The molecule has 3 heterocycles. The molecule has 1 aliphatic rings. The molecule has 5 heteroatoms. The Bertz CT molecular complexity index is 525. The molecule has 1 saturated heterocycles. The van der Waals surface area contributed by atoms with Gasteiger partial charge in [-0.1, -0.05) is 13.8 Å². The van der Waals surface area contributed by atoms with Crippen LogP contribution in [0, 0.1) is 0 Å². The zero-order valence-electron chi connectivity index (χ0n) is 10.3. The summed E-state index contributed by atoms with van der Waals surface area (Å²) in [7, 11) is 0. The average Bonchev–Trinajstić information content (AvgIpc) is 2.97. The van der Waals surface area contributed by atoms with Crippen LogP contribution < -0.4 is 4.90 Å². The summed E-state index contributed by atoms with van der Waals surface area (Å²) in [5.41, 5.74) is 0.830. The Balaban J connectivity index is 2.06. The molecular weight excluding hydrogens is 214 g/mol. The first-order valence-corrected chi connectivity index (χ1v) is 6.23. The van der Waals surface area contributed by atoms with Crippen LogP contribution in [0.1, 0.15) is 38.4 Å². The molecule has 0 bridgehead atoms. The molecule has 90 valence electrons. The summed E-state index contributed by atoms with van der Waals surface area (Å²) in [4.78, 5) is 2.32. The predicted octanol–water partition coefficient (Wildman–Crippen LogP) is 1.85. The predicted molar refractivity (Wildman–Crippen MR) is 66.3 cm³/mol. The maximum absolute atomic E-state index is 4.66. The topological polar surface area (TPSA) is 46.3 Å². The van der Waals surface area contributed by atoms with Crippen molar-refractivity contribution in [2.75, 3.05) is 18.0 Å². The Kier molecular flexibility index (Phi) is 2.46. The van der Waals surface area contributed by atoms with Gasteiger partial charge in [0, 0.05) is 19.0 Å². The van der Waals surface area contributed by atoms with Crippen molar-refractivity contribution in [1.29, 1.82) is 0 Å². The summed E-state index contributed by atoms with van der Waals surface area (Å²) >= 11 is 0. The van der Waals surface area contributed by atoms with Crippen molar-refractivity contribution in [2.45, 2.75) is 32.6 Å². The zero-order chi connectivity index (χ0) is 11.8. The number of nitrogens with zero attached hydrogens (tertiary/aromatic N) is 5. The van der Waals surface area contributed by atoms with Gasteiger partial charge in [0.05, 0.1) is 0 Å². The first-order chi connectivity index (χ1) is 8.25. The highest BCUT2D eigenvalue weighted by atomic mass is 15.4. The Morgan fingerprint density at radius 2 is 1.88 bits per heavy atom. The Labute approximate surface area is 100 Å². The van der Waals surface area contributed by atoms with Crippen molar-refractivity contribution < 1.29 is 0 Å². The lowest BCUT2D eigenvalue weighted by Gasteiger charge is -2.16. The molecule has 0 unspecified atom stereocenters. The summed E-state index contributed by atoms with van der Waals surface area (Å²) in [6.45, 7) is 6.44.